The lowest BCUT2D eigenvalue weighted by Crippen LogP contribution is -2.14. The lowest BCUT2D eigenvalue weighted by atomic mass is 9.96. The minimum atomic E-state index is -0.618. The molecule has 5 heteroatoms. The van der Waals surface area contributed by atoms with E-state index in [0.29, 0.717) is 18.2 Å². The molecule has 1 fully saturated rings. The molecule has 0 saturated heterocycles. The molecule has 0 amide bonds. The fourth-order valence-electron chi connectivity index (χ4n) is 2.84. The summed E-state index contributed by atoms with van der Waals surface area (Å²) in [6.45, 7) is 0. The van der Waals surface area contributed by atoms with E-state index in [0.717, 1.165) is 5.69 Å². The summed E-state index contributed by atoms with van der Waals surface area (Å²) >= 11 is 0. The summed E-state index contributed by atoms with van der Waals surface area (Å²) in [5.74, 6) is 0. The fourth-order valence-corrected chi connectivity index (χ4v) is 2.84. The highest BCUT2D eigenvalue weighted by Gasteiger charge is 2.17. The van der Waals surface area contributed by atoms with Crippen LogP contribution in [0.15, 0.2) is 30.9 Å². The van der Waals surface area contributed by atoms with Gasteiger partial charge < -0.3 is 5.11 Å². The van der Waals surface area contributed by atoms with Gasteiger partial charge in [0.05, 0.1) is 17.4 Å². The molecular weight excluding hydrogens is 252 g/mol. The van der Waals surface area contributed by atoms with Crippen molar-refractivity contribution in [2.75, 3.05) is 0 Å². The summed E-state index contributed by atoms with van der Waals surface area (Å²) < 4.78 is 2.07. The molecule has 1 unspecified atom stereocenters. The van der Waals surface area contributed by atoms with Crippen LogP contribution in [0.3, 0.4) is 0 Å². The summed E-state index contributed by atoms with van der Waals surface area (Å²) in [4.78, 5) is 7.93. The van der Waals surface area contributed by atoms with Gasteiger partial charge in [0.25, 0.3) is 0 Å². The number of hydrogen-bond donors (Lipinski definition) is 1. The van der Waals surface area contributed by atoms with Crippen LogP contribution in [0.2, 0.25) is 0 Å². The topological polar surface area (TPSA) is 63.8 Å². The highest BCUT2D eigenvalue weighted by molar-refractivity contribution is 5.08. The summed E-state index contributed by atoms with van der Waals surface area (Å²) in [6, 6.07) is 4.27. The second-order valence-electron chi connectivity index (χ2n) is 5.43. The van der Waals surface area contributed by atoms with Gasteiger partial charge >= 0.3 is 0 Å². The van der Waals surface area contributed by atoms with Crippen molar-refractivity contribution in [3.05, 3.63) is 42.2 Å². The molecule has 3 rings (SSSR count). The van der Waals surface area contributed by atoms with Gasteiger partial charge in [-0.3, -0.25) is 4.68 Å². The number of aliphatic hydroxyl groups excluding tert-OH is 1. The fraction of sp³-hybridized carbons (Fsp3) is 0.533. The van der Waals surface area contributed by atoms with E-state index < -0.39 is 6.10 Å². The van der Waals surface area contributed by atoms with E-state index in [2.05, 4.69) is 19.7 Å². The monoisotopic (exact) mass is 272 g/mol. The molecule has 0 radical (unpaired) electrons. The molecule has 0 aliphatic heterocycles. The molecule has 1 N–H and O–H groups in total. The quantitative estimate of drug-likeness (QED) is 0.928. The van der Waals surface area contributed by atoms with E-state index in [9.17, 15) is 5.11 Å². The summed E-state index contributed by atoms with van der Waals surface area (Å²) in [5.41, 5.74) is 1.56. The van der Waals surface area contributed by atoms with Crippen molar-refractivity contribution >= 4 is 0 Å². The second kappa shape index (κ2) is 6.13. The van der Waals surface area contributed by atoms with Crippen molar-refractivity contribution in [3.8, 4) is 0 Å². The summed E-state index contributed by atoms with van der Waals surface area (Å²) in [7, 11) is 0. The SMILES string of the molecule is OC(Cc1ccn(C2CCCCC2)n1)c1ccncn1. The molecule has 1 saturated carbocycles. The summed E-state index contributed by atoms with van der Waals surface area (Å²) in [6.07, 6.45) is 11.4. The molecule has 0 aromatic carbocycles. The zero-order chi connectivity index (χ0) is 13.8. The maximum absolute atomic E-state index is 10.2. The van der Waals surface area contributed by atoms with Gasteiger partial charge in [0, 0.05) is 18.8 Å². The van der Waals surface area contributed by atoms with E-state index in [1.165, 1.54) is 38.4 Å². The van der Waals surface area contributed by atoms with Crippen molar-refractivity contribution in [2.24, 2.45) is 0 Å². The molecule has 1 aliphatic carbocycles. The van der Waals surface area contributed by atoms with Crippen LogP contribution in [-0.2, 0) is 6.42 Å². The van der Waals surface area contributed by atoms with Crippen LogP contribution in [0, 0.1) is 0 Å². The normalized spacial score (nSPS) is 18.1. The Kier molecular flexibility index (Phi) is 4.06. The highest BCUT2D eigenvalue weighted by atomic mass is 16.3. The first kappa shape index (κ1) is 13.2. The Balaban J connectivity index is 1.65. The van der Waals surface area contributed by atoms with Gasteiger partial charge in [-0.05, 0) is 25.0 Å². The number of nitrogens with zero attached hydrogens (tertiary/aromatic N) is 4. The minimum Gasteiger partial charge on any atom is -0.386 e. The molecule has 2 aromatic rings. The van der Waals surface area contributed by atoms with Crippen LogP contribution < -0.4 is 0 Å². The van der Waals surface area contributed by atoms with Crippen LogP contribution in [0.5, 0.6) is 0 Å². The van der Waals surface area contributed by atoms with Gasteiger partial charge in [-0.25, -0.2) is 9.97 Å². The van der Waals surface area contributed by atoms with Crippen molar-refractivity contribution in [1.29, 1.82) is 0 Å². The van der Waals surface area contributed by atoms with Crippen LogP contribution in [-0.4, -0.2) is 24.9 Å². The van der Waals surface area contributed by atoms with Crippen LogP contribution in [0.1, 0.15) is 55.6 Å². The Morgan fingerprint density at radius 3 is 2.85 bits per heavy atom. The minimum absolute atomic E-state index is 0.497. The molecule has 1 aliphatic rings. The van der Waals surface area contributed by atoms with Crippen LogP contribution in [0.25, 0.3) is 0 Å². The standard InChI is InChI=1S/C15H20N4O/c20-15(14-6-8-16-11-17-14)10-12-7-9-19(18-12)13-4-2-1-3-5-13/h6-9,11,13,15,20H,1-5,10H2. The Morgan fingerprint density at radius 1 is 1.25 bits per heavy atom. The van der Waals surface area contributed by atoms with Gasteiger partial charge in [-0.1, -0.05) is 19.3 Å². The Morgan fingerprint density at radius 2 is 2.10 bits per heavy atom. The number of aliphatic hydroxyl groups is 1. The zero-order valence-corrected chi connectivity index (χ0v) is 11.5. The molecule has 20 heavy (non-hydrogen) atoms. The number of aromatic nitrogens is 4. The third-order valence-electron chi connectivity index (χ3n) is 3.96. The average molecular weight is 272 g/mol. The van der Waals surface area contributed by atoms with Crippen molar-refractivity contribution in [1.82, 2.24) is 19.7 Å². The molecule has 5 nitrogen and oxygen atoms in total. The molecular formula is C15H20N4O. The van der Waals surface area contributed by atoms with Gasteiger partial charge in [-0.15, -0.1) is 0 Å². The first-order valence-electron chi connectivity index (χ1n) is 7.31. The third kappa shape index (κ3) is 3.04. The van der Waals surface area contributed by atoms with Gasteiger partial charge in [0.15, 0.2) is 0 Å². The zero-order valence-electron chi connectivity index (χ0n) is 11.5. The van der Waals surface area contributed by atoms with Gasteiger partial charge in [0.1, 0.15) is 12.4 Å². The first-order chi connectivity index (χ1) is 9.83. The molecule has 106 valence electrons. The molecule has 0 spiro atoms. The molecule has 2 aromatic heterocycles. The molecule has 1 atom stereocenters. The van der Waals surface area contributed by atoms with E-state index in [4.69, 9.17) is 0 Å². The lowest BCUT2D eigenvalue weighted by Gasteiger charge is -2.21. The van der Waals surface area contributed by atoms with Gasteiger partial charge in [0.2, 0.25) is 0 Å². The van der Waals surface area contributed by atoms with Crippen LogP contribution >= 0.6 is 0 Å². The maximum atomic E-state index is 10.2. The third-order valence-corrected chi connectivity index (χ3v) is 3.96. The Bertz CT molecular complexity index is 534. The highest BCUT2D eigenvalue weighted by Crippen LogP contribution is 2.27. The van der Waals surface area contributed by atoms with Crippen molar-refractivity contribution in [3.63, 3.8) is 0 Å². The van der Waals surface area contributed by atoms with E-state index in [1.807, 2.05) is 12.3 Å². The Labute approximate surface area is 118 Å². The Hall–Kier alpha value is -1.75. The number of hydrogen-bond acceptors (Lipinski definition) is 4. The van der Waals surface area contributed by atoms with Crippen LogP contribution in [0.4, 0.5) is 0 Å². The van der Waals surface area contributed by atoms with Crippen molar-refractivity contribution in [2.45, 2.75) is 50.7 Å². The van der Waals surface area contributed by atoms with E-state index in [-0.39, 0.29) is 0 Å². The smallest absolute Gasteiger partial charge is 0.115 e. The molecule has 0 bridgehead atoms. The average Bonchev–Trinajstić information content (AvgIpc) is 2.97. The summed E-state index contributed by atoms with van der Waals surface area (Å²) in [5, 5.41) is 14.8. The largest absolute Gasteiger partial charge is 0.386 e. The maximum Gasteiger partial charge on any atom is 0.115 e. The lowest BCUT2D eigenvalue weighted by molar-refractivity contribution is 0.171. The van der Waals surface area contributed by atoms with Gasteiger partial charge in [-0.2, -0.15) is 5.10 Å². The van der Waals surface area contributed by atoms with Crippen molar-refractivity contribution < 1.29 is 5.11 Å². The second-order valence-corrected chi connectivity index (χ2v) is 5.43. The number of rotatable bonds is 4. The predicted molar refractivity (Wildman–Crippen MR) is 75.0 cm³/mol. The van der Waals surface area contributed by atoms with E-state index >= 15 is 0 Å². The van der Waals surface area contributed by atoms with E-state index in [1.54, 1.807) is 12.3 Å². The first-order valence-corrected chi connectivity index (χ1v) is 7.31. The predicted octanol–water partition coefficient (Wildman–Crippen LogP) is 2.45. The molecule has 2 heterocycles.